The number of hydrogen-bond donors (Lipinski definition) is 1. The van der Waals surface area contributed by atoms with Gasteiger partial charge in [0.2, 0.25) is 0 Å². The maximum Gasteiger partial charge on any atom is 0.310 e. The molecule has 7 rings (SSSR count). The molecule has 198 valence electrons. The van der Waals surface area contributed by atoms with Crippen molar-refractivity contribution in [1.29, 1.82) is 0 Å². The SMILES string of the molecule is Cc1ccc(OCc2ccc3c(c2)CCN(C2COC2)C3)c(-c2csc(N3CC[C@@]4(C(=O)O)C[C@H]4C3)n2)c1. The normalized spacial score (nSPS) is 24.9. The van der Waals surface area contributed by atoms with Gasteiger partial charge in [-0.15, -0.1) is 11.3 Å². The first-order valence-electron chi connectivity index (χ1n) is 13.6. The topological polar surface area (TPSA) is 75.1 Å². The lowest BCUT2D eigenvalue weighted by molar-refractivity contribution is -0.144. The zero-order chi connectivity index (χ0) is 25.9. The van der Waals surface area contributed by atoms with Crippen LogP contribution in [-0.4, -0.2) is 59.8 Å². The van der Waals surface area contributed by atoms with E-state index in [1.54, 1.807) is 11.3 Å². The van der Waals surface area contributed by atoms with Crippen LogP contribution in [0, 0.1) is 18.3 Å². The van der Waals surface area contributed by atoms with E-state index in [1.807, 2.05) is 6.07 Å². The van der Waals surface area contributed by atoms with E-state index in [2.05, 4.69) is 52.4 Å². The Morgan fingerprint density at radius 1 is 1.21 bits per heavy atom. The zero-order valence-corrected chi connectivity index (χ0v) is 22.5. The van der Waals surface area contributed by atoms with Gasteiger partial charge in [0, 0.05) is 37.1 Å². The molecule has 4 aliphatic rings. The second kappa shape index (κ2) is 9.36. The molecule has 7 nitrogen and oxygen atoms in total. The van der Waals surface area contributed by atoms with Crippen LogP contribution >= 0.6 is 11.3 Å². The molecule has 8 heteroatoms. The van der Waals surface area contributed by atoms with Gasteiger partial charge in [0.15, 0.2) is 5.13 Å². The highest BCUT2D eigenvalue weighted by atomic mass is 32.1. The molecular weight excluding hydrogens is 498 g/mol. The molecule has 4 heterocycles. The van der Waals surface area contributed by atoms with E-state index in [4.69, 9.17) is 14.5 Å². The summed E-state index contributed by atoms with van der Waals surface area (Å²) < 4.78 is 11.8. The Balaban J connectivity index is 1.04. The molecule has 0 unspecified atom stereocenters. The first-order valence-corrected chi connectivity index (χ1v) is 14.5. The minimum Gasteiger partial charge on any atom is -0.488 e. The van der Waals surface area contributed by atoms with Gasteiger partial charge in [0.05, 0.1) is 30.4 Å². The number of hydrogen-bond acceptors (Lipinski definition) is 7. The van der Waals surface area contributed by atoms with E-state index in [1.165, 1.54) is 22.3 Å². The van der Waals surface area contributed by atoms with Crippen LogP contribution in [0.15, 0.2) is 41.8 Å². The molecule has 3 aromatic rings. The van der Waals surface area contributed by atoms with Gasteiger partial charge >= 0.3 is 5.97 Å². The van der Waals surface area contributed by atoms with Crippen molar-refractivity contribution >= 4 is 22.4 Å². The number of aromatic nitrogens is 1. The predicted molar refractivity (Wildman–Crippen MR) is 147 cm³/mol. The summed E-state index contributed by atoms with van der Waals surface area (Å²) in [5, 5.41) is 12.7. The Kier molecular flexibility index (Phi) is 5.94. The van der Waals surface area contributed by atoms with Crippen LogP contribution in [0.2, 0.25) is 0 Å². The van der Waals surface area contributed by atoms with Crippen LogP contribution < -0.4 is 9.64 Å². The maximum atomic E-state index is 11.7. The third kappa shape index (κ3) is 4.28. The number of anilines is 1. The fraction of sp³-hybridized carbons (Fsp3) is 0.467. The Morgan fingerprint density at radius 2 is 2.11 bits per heavy atom. The summed E-state index contributed by atoms with van der Waals surface area (Å²) in [6.07, 6.45) is 2.57. The number of rotatable bonds is 7. The number of fused-ring (bicyclic) bond motifs is 2. The molecule has 2 atom stereocenters. The van der Waals surface area contributed by atoms with Crippen molar-refractivity contribution in [2.24, 2.45) is 11.3 Å². The zero-order valence-electron chi connectivity index (χ0n) is 21.7. The van der Waals surface area contributed by atoms with Crippen molar-refractivity contribution in [2.45, 2.75) is 45.4 Å². The molecular formula is C30H33N3O4S. The first-order chi connectivity index (χ1) is 18.5. The smallest absolute Gasteiger partial charge is 0.310 e. The molecule has 1 saturated carbocycles. The first kappa shape index (κ1) is 24.1. The summed E-state index contributed by atoms with van der Waals surface area (Å²) in [7, 11) is 0. The minimum absolute atomic E-state index is 0.242. The number of benzene rings is 2. The van der Waals surface area contributed by atoms with Crippen LogP contribution in [0.4, 0.5) is 5.13 Å². The largest absolute Gasteiger partial charge is 0.488 e. The van der Waals surface area contributed by atoms with Crippen LogP contribution in [0.5, 0.6) is 5.75 Å². The average molecular weight is 532 g/mol. The second-order valence-electron chi connectivity index (χ2n) is 11.4. The maximum absolute atomic E-state index is 11.7. The number of piperidine rings is 1. The highest BCUT2D eigenvalue weighted by Gasteiger charge is 2.62. The van der Waals surface area contributed by atoms with Gasteiger partial charge < -0.3 is 19.5 Å². The average Bonchev–Trinajstić information content (AvgIpc) is 3.44. The van der Waals surface area contributed by atoms with Crippen molar-refractivity contribution in [3.8, 4) is 17.0 Å². The molecule has 0 amide bonds. The van der Waals surface area contributed by atoms with Gasteiger partial charge in [-0.2, -0.15) is 0 Å². The summed E-state index contributed by atoms with van der Waals surface area (Å²) in [4.78, 5) is 21.4. The molecule has 38 heavy (non-hydrogen) atoms. The van der Waals surface area contributed by atoms with Gasteiger partial charge in [-0.3, -0.25) is 9.69 Å². The van der Waals surface area contributed by atoms with Crippen molar-refractivity contribution in [2.75, 3.05) is 37.7 Å². The Hall–Kier alpha value is -2.94. The number of carboxylic acid groups (broad SMARTS) is 1. The Labute approximate surface area is 227 Å². The van der Waals surface area contributed by atoms with Crippen LogP contribution in [0.25, 0.3) is 11.3 Å². The van der Waals surface area contributed by atoms with Crippen molar-refractivity contribution in [1.82, 2.24) is 9.88 Å². The van der Waals surface area contributed by atoms with E-state index in [9.17, 15) is 9.90 Å². The van der Waals surface area contributed by atoms with E-state index in [-0.39, 0.29) is 5.92 Å². The van der Waals surface area contributed by atoms with E-state index >= 15 is 0 Å². The molecule has 3 aliphatic heterocycles. The van der Waals surface area contributed by atoms with Crippen molar-refractivity contribution in [3.05, 3.63) is 64.0 Å². The lowest BCUT2D eigenvalue weighted by Crippen LogP contribution is -2.50. The fourth-order valence-electron chi connectivity index (χ4n) is 6.29. The molecule has 2 aromatic carbocycles. The number of ether oxygens (including phenoxy) is 2. The molecule has 2 saturated heterocycles. The lowest BCUT2D eigenvalue weighted by Gasteiger charge is -2.40. The predicted octanol–water partition coefficient (Wildman–Crippen LogP) is 4.76. The molecule has 0 bridgehead atoms. The monoisotopic (exact) mass is 531 g/mol. The summed E-state index contributed by atoms with van der Waals surface area (Å²) in [6.45, 7) is 7.97. The number of carbonyl (C=O) groups is 1. The fourth-order valence-corrected chi connectivity index (χ4v) is 7.15. The van der Waals surface area contributed by atoms with Gasteiger partial charge in [0.25, 0.3) is 0 Å². The van der Waals surface area contributed by atoms with Crippen LogP contribution in [0.3, 0.4) is 0 Å². The standard InChI is InChI=1S/C30H33N3O4S/c1-19-2-5-27(37-15-20-3-4-22-13-32(24-16-36-17-24)8-6-21(22)11-20)25(10-19)26-18-38-29(31-26)33-9-7-30(28(34)35)12-23(30)14-33/h2-5,10-11,18,23-24H,6-9,12-17H2,1H3,(H,34,35)/t23-,30+/m0/s1. The minimum atomic E-state index is -0.631. The number of aliphatic carboxylic acids is 1. The summed E-state index contributed by atoms with van der Waals surface area (Å²) in [6, 6.07) is 13.6. The molecule has 0 spiro atoms. The number of thiazole rings is 1. The van der Waals surface area contributed by atoms with E-state index in [0.717, 1.165) is 74.4 Å². The van der Waals surface area contributed by atoms with Gasteiger partial charge in [-0.25, -0.2) is 4.98 Å². The molecule has 1 N–H and O–H groups in total. The third-order valence-corrected chi connectivity index (χ3v) is 9.85. The van der Waals surface area contributed by atoms with Crippen molar-refractivity contribution < 1.29 is 19.4 Å². The number of nitrogens with zero attached hydrogens (tertiary/aromatic N) is 3. The highest BCUT2D eigenvalue weighted by Crippen LogP contribution is 2.58. The second-order valence-corrected chi connectivity index (χ2v) is 12.2. The van der Waals surface area contributed by atoms with Gasteiger partial charge in [0.1, 0.15) is 12.4 Å². The Morgan fingerprint density at radius 3 is 2.89 bits per heavy atom. The van der Waals surface area contributed by atoms with E-state index in [0.29, 0.717) is 19.1 Å². The summed E-state index contributed by atoms with van der Waals surface area (Å²) >= 11 is 1.63. The van der Waals surface area contributed by atoms with Crippen LogP contribution in [0.1, 0.15) is 35.1 Å². The molecule has 1 aliphatic carbocycles. The lowest BCUT2D eigenvalue weighted by atomic mass is 9.96. The number of carboxylic acids is 1. The quantitative estimate of drug-likeness (QED) is 0.471. The van der Waals surface area contributed by atoms with Crippen LogP contribution in [-0.2, 0) is 29.1 Å². The summed E-state index contributed by atoms with van der Waals surface area (Å²) in [5.74, 6) is 0.450. The highest BCUT2D eigenvalue weighted by molar-refractivity contribution is 7.14. The molecule has 1 aromatic heterocycles. The van der Waals surface area contributed by atoms with Crippen molar-refractivity contribution in [3.63, 3.8) is 0 Å². The Bertz CT molecular complexity index is 1390. The number of aryl methyl sites for hydroxylation is 1. The molecule has 0 radical (unpaired) electrons. The van der Waals surface area contributed by atoms with Gasteiger partial charge in [-0.1, -0.05) is 29.8 Å². The third-order valence-electron chi connectivity index (χ3n) is 8.94. The van der Waals surface area contributed by atoms with Gasteiger partial charge in [-0.05, 0) is 60.9 Å². The summed E-state index contributed by atoms with van der Waals surface area (Å²) in [5.41, 5.74) is 6.65. The van der Waals surface area contributed by atoms with E-state index < -0.39 is 11.4 Å². The molecule has 3 fully saturated rings.